The maximum atomic E-state index is 13.5. The summed E-state index contributed by atoms with van der Waals surface area (Å²) >= 11 is 3.36. The Hall–Kier alpha value is -0.570. The summed E-state index contributed by atoms with van der Waals surface area (Å²) in [6.45, 7) is 2.12. The molecule has 0 saturated heterocycles. The molecule has 1 aliphatic carbocycles. The van der Waals surface area contributed by atoms with Crippen LogP contribution >= 0.6 is 15.9 Å². The van der Waals surface area contributed by atoms with E-state index in [0.29, 0.717) is 11.7 Å². The van der Waals surface area contributed by atoms with Crippen LogP contribution in [0, 0.1) is 11.7 Å². The molecule has 0 radical (unpaired) electrons. The Balaban J connectivity index is 1.93. The molecular formula is C13H17BrFN. The molecule has 1 nitrogen and oxygen atoms in total. The zero-order chi connectivity index (χ0) is 11.5. The van der Waals surface area contributed by atoms with Crippen molar-refractivity contribution in [3.05, 3.63) is 28.5 Å². The first-order chi connectivity index (χ1) is 7.65. The highest BCUT2D eigenvalue weighted by Crippen LogP contribution is 2.31. The van der Waals surface area contributed by atoms with Crippen molar-refractivity contribution in [3.8, 4) is 0 Å². The van der Waals surface area contributed by atoms with Crippen molar-refractivity contribution in [2.24, 2.45) is 5.92 Å². The summed E-state index contributed by atoms with van der Waals surface area (Å²) in [5, 5.41) is 3.25. The number of nitrogens with one attached hydrogen (secondary N) is 1. The van der Waals surface area contributed by atoms with E-state index in [1.165, 1.54) is 25.3 Å². The standard InChI is InChI=1S/C13H17BrFN/c1-9(7-10-3-2-4-10)16-13-8-11(14)5-6-12(13)15/h5-6,8-10,16H,2-4,7H2,1H3. The normalized spacial score (nSPS) is 17.9. The fourth-order valence-corrected chi connectivity index (χ4v) is 2.52. The molecule has 0 bridgehead atoms. The van der Waals surface area contributed by atoms with Gasteiger partial charge < -0.3 is 5.32 Å². The van der Waals surface area contributed by atoms with Crippen molar-refractivity contribution < 1.29 is 4.39 Å². The fraction of sp³-hybridized carbons (Fsp3) is 0.538. The van der Waals surface area contributed by atoms with Crippen molar-refractivity contribution >= 4 is 21.6 Å². The molecule has 88 valence electrons. The third-order valence-corrected chi connectivity index (χ3v) is 3.74. The molecule has 1 fully saturated rings. The average Bonchev–Trinajstić information content (AvgIpc) is 2.18. The molecule has 1 unspecified atom stereocenters. The highest BCUT2D eigenvalue weighted by Gasteiger charge is 2.20. The lowest BCUT2D eigenvalue weighted by molar-refractivity contribution is 0.285. The van der Waals surface area contributed by atoms with E-state index >= 15 is 0 Å². The van der Waals surface area contributed by atoms with E-state index in [2.05, 4.69) is 28.2 Å². The molecular weight excluding hydrogens is 269 g/mol. The summed E-state index contributed by atoms with van der Waals surface area (Å²) in [6, 6.07) is 5.35. The maximum absolute atomic E-state index is 13.5. The van der Waals surface area contributed by atoms with E-state index in [1.807, 2.05) is 0 Å². The summed E-state index contributed by atoms with van der Waals surface area (Å²) in [4.78, 5) is 0. The molecule has 1 aromatic rings. The summed E-state index contributed by atoms with van der Waals surface area (Å²) < 4.78 is 14.4. The Morgan fingerprint density at radius 1 is 1.50 bits per heavy atom. The van der Waals surface area contributed by atoms with E-state index in [-0.39, 0.29) is 5.82 Å². The van der Waals surface area contributed by atoms with Crippen LogP contribution in [0.4, 0.5) is 10.1 Å². The van der Waals surface area contributed by atoms with Crippen LogP contribution in [0.15, 0.2) is 22.7 Å². The molecule has 0 aromatic heterocycles. The van der Waals surface area contributed by atoms with Crippen LogP contribution in [0.3, 0.4) is 0 Å². The van der Waals surface area contributed by atoms with Gasteiger partial charge in [0, 0.05) is 10.5 Å². The van der Waals surface area contributed by atoms with E-state index in [1.54, 1.807) is 12.1 Å². The highest BCUT2D eigenvalue weighted by molar-refractivity contribution is 9.10. The number of hydrogen-bond acceptors (Lipinski definition) is 1. The van der Waals surface area contributed by atoms with Crippen LogP contribution in [0.5, 0.6) is 0 Å². The zero-order valence-corrected chi connectivity index (χ0v) is 11.1. The number of anilines is 1. The van der Waals surface area contributed by atoms with Crippen LogP contribution in [-0.4, -0.2) is 6.04 Å². The first-order valence-corrected chi connectivity index (χ1v) is 6.66. The first-order valence-electron chi connectivity index (χ1n) is 5.87. The van der Waals surface area contributed by atoms with E-state index < -0.39 is 0 Å². The smallest absolute Gasteiger partial charge is 0.146 e. The molecule has 0 spiro atoms. The third kappa shape index (κ3) is 2.97. The average molecular weight is 286 g/mol. The summed E-state index contributed by atoms with van der Waals surface area (Å²) in [5.74, 6) is 0.668. The quantitative estimate of drug-likeness (QED) is 0.854. The molecule has 2 rings (SSSR count). The van der Waals surface area contributed by atoms with Crippen molar-refractivity contribution in [2.75, 3.05) is 5.32 Å². The largest absolute Gasteiger partial charge is 0.380 e. The van der Waals surface area contributed by atoms with Crippen LogP contribution in [-0.2, 0) is 0 Å². The zero-order valence-electron chi connectivity index (χ0n) is 9.47. The van der Waals surface area contributed by atoms with Gasteiger partial charge in [-0.25, -0.2) is 4.39 Å². The first kappa shape index (κ1) is 11.9. The lowest BCUT2D eigenvalue weighted by Crippen LogP contribution is -2.23. The molecule has 0 heterocycles. The van der Waals surface area contributed by atoms with E-state index in [4.69, 9.17) is 0 Å². The molecule has 0 amide bonds. The van der Waals surface area contributed by atoms with Gasteiger partial charge in [-0.2, -0.15) is 0 Å². The Bertz CT molecular complexity index is 363. The second-order valence-corrected chi connectivity index (χ2v) is 5.62. The Morgan fingerprint density at radius 2 is 2.25 bits per heavy atom. The lowest BCUT2D eigenvalue weighted by atomic mass is 9.81. The minimum atomic E-state index is -0.177. The number of hydrogen-bond donors (Lipinski definition) is 1. The van der Waals surface area contributed by atoms with Gasteiger partial charge in [0.15, 0.2) is 0 Å². The topological polar surface area (TPSA) is 12.0 Å². The fourth-order valence-electron chi connectivity index (χ4n) is 2.16. The van der Waals surface area contributed by atoms with Gasteiger partial charge >= 0.3 is 0 Å². The SMILES string of the molecule is CC(CC1CCC1)Nc1cc(Br)ccc1F. The molecule has 1 saturated carbocycles. The minimum absolute atomic E-state index is 0.177. The predicted molar refractivity (Wildman–Crippen MR) is 69.1 cm³/mol. The van der Waals surface area contributed by atoms with Gasteiger partial charge in [-0.1, -0.05) is 35.2 Å². The summed E-state index contributed by atoms with van der Waals surface area (Å²) in [5.41, 5.74) is 0.598. The highest BCUT2D eigenvalue weighted by atomic mass is 79.9. The molecule has 1 aliphatic rings. The summed E-state index contributed by atoms with van der Waals surface area (Å²) in [7, 11) is 0. The molecule has 1 aromatic carbocycles. The minimum Gasteiger partial charge on any atom is -0.380 e. The van der Waals surface area contributed by atoms with Crippen molar-refractivity contribution in [2.45, 2.75) is 38.6 Å². The van der Waals surface area contributed by atoms with Gasteiger partial charge in [-0.3, -0.25) is 0 Å². The van der Waals surface area contributed by atoms with Gasteiger partial charge in [0.05, 0.1) is 5.69 Å². The Kier molecular flexibility index (Phi) is 3.85. The van der Waals surface area contributed by atoms with E-state index in [0.717, 1.165) is 16.8 Å². The van der Waals surface area contributed by atoms with Gasteiger partial charge in [0.25, 0.3) is 0 Å². The van der Waals surface area contributed by atoms with Crippen LogP contribution in [0.1, 0.15) is 32.6 Å². The molecule has 1 atom stereocenters. The molecule has 1 N–H and O–H groups in total. The number of rotatable bonds is 4. The Morgan fingerprint density at radius 3 is 2.88 bits per heavy atom. The second-order valence-electron chi connectivity index (χ2n) is 4.70. The van der Waals surface area contributed by atoms with Gasteiger partial charge in [-0.05, 0) is 37.5 Å². The van der Waals surface area contributed by atoms with Crippen LogP contribution in [0.2, 0.25) is 0 Å². The van der Waals surface area contributed by atoms with E-state index in [9.17, 15) is 4.39 Å². The molecule has 16 heavy (non-hydrogen) atoms. The maximum Gasteiger partial charge on any atom is 0.146 e. The van der Waals surface area contributed by atoms with Gasteiger partial charge in [0.1, 0.15) is 5.82 Å². The van der Waals surface area contributed by atoms with Crippen molar-refractivity contribution in [3.63, 3.8) is 0 Å². The van der Waals surface area contributed by atoms with Crippen LogP contribution < -0.4 is 5.32 Å². The monoisotopic (exact) mass is 285 g/mol. The lowest BCUT2D eigenvalue weighted by Gasteiger charge is -2.29. The number of halogens is 2. The summed E-state index contributed by atoms with van der Waals surface area (Å²) in [6.07, 6.45) is 5.19. The van der Waals surface area contributed by atoms with Crippen LogP contribution in [0.25, 0.3) is 0 Å². The van der Waals surface area contributed by atoms with Crippen molar-refractivity contribution in [1.82, 2.24) is 0 Å². The van der Waals surface area contributed by atoms with Gasteiger partial charge in [0.2, 0.25) is 0 Å². The Labute approximate surface area is 105 Å². The second kappa shape index (κ2) is 5.17. The van der Waals surface area contributed by atoms with Crippen molar-refractivity contribution in [1.29, 1.82) is 0 Å². The third-order valence-electron chi connectivity index (χ3n) is 3.24. The molecule has 3 heteroatoms. The number of benzene rings is 1. The molecule has 0 aliphatic heterocycles. The van der Waals surface area contributed by atoms with Gasteiger partial charge in [-0.15, -0.1) is 0 Å². The predicted octanol–water partition coefficient (Wildman–Crippen LogP) is 4.58.